The summed E-state index contributed by atoms with van der Waals surface area (Å²) in [4.78, 5) is 29.4. The number of H-pyrrole nitrogens is 1. The first-order chi connectivity index (χ1) is 18.2. The molecule has 0 aliphatic rings. The lowest BCUT2D eigenvalue weighted by Gasteiger charge is -2.29. The summed E-state index contributed by atoms with van der Waals surface area (Å²) in [6, 6.07) is 8.08. The Bertz CT molecular complexity index is 1430. The Morgan fingerprint density at radius 1 is 0.846 bits per heavy atom. The summed E-state index contributed by atoms with van der Waals surface area (Å²) in [6.07, 6.45) is -1.12. The molecule has 3 aromatic rings. The molecule has 3 unspecified atom stereocenters. The fourth-order valence-corrected chi connectivity index (χ4v) is 4.51. The van der Waals surface area contributed by atoms with Gasteiger partial charge < -0.3 is 25.0 Å². The van der Waals surface area contributed by atoms with Gasteiger partial charge in [0.2, 0.25) is 0 Å². The Labute approximate surface area is 223 Å². The number of methoxy groups -OCH3 is 1. The van der Waals surface area contributed by atoms with Crippen molar-refractivity contribution in [1.29, 1.82) is 0 Å². The minimum atomic E-state index is -1.95. The molecule has 3 atom stereocenters. The molecule has 0 bridgehead atoms. The summed E-state index contributed by atoms with van der Waals surface area (Å²) in [5.74, 6) is 0.587. The van der Waals surface area contributed by atoms with Crippen molar-refractivity contribution >= 4 is 10.9 Å². The molecule has 2 aromatic carbocycles. The van der Waals surface area contributed by atoms with Gasteiger partial charge in [0, 0.05) is 19.3 Å². The van der Waals surface area contributed by atoms with Crippen molar-refractivity contribution in [2.24, 2.45) is 0 Å². The van der Waals surface area contributed by atoms with Gasteiger partial charge in [0.1, 0.15) is 25.8 Å². The number of hydrogen-bond donors (Lipinski definition) is 4. The molecule has 0 aliphatic carbocycles. The molecule has 0 fully saturated rings. The molecule has 0 saturated heterocycles. The highest BCUT2D eigenvalue weighted by Crippen LogP contribution is 2.32. The fourth-order valence-electron chi connectivity index (χ4n) is 4.51. The van der Waals surface area contributed by atoms with Gasteiger partial charge in [-0.3, -0.25) is 9.36 Å². The van der Waals surface area contributed by atoms with Crippen LogP contribution < -0.4 is 16.0 Å². The van der Waals surface area contributed by atoms with Crippen LogP contribution in [0.3, 0.4) is 0 Å². The summed E-state index contributed by atoms with van der Waals surface area (Å²) < 4.78 is 47.2. The van der Waals surface area contributed by atoms with E-state index in [1.54, 1.807) is 24.3 Å². The maximum absolute atomic E-state index is 13.7. The number of alkyl halides is 3. The number of halogens is 3. The van der Waals surface area contributed by atoms with Gasteiger partial charge in [-0.25, -0.2) is 18.0 Å². The second-order valence-electron chi connectivity index (χ2n) is 11.0. The molecule has 4 N–H and O–H groups in total. The number of benzene rings is 2. The van der Waals surface area contributed by atoms with Crippen LogP contribution >= 0.6 is 0 Å². The topological polar surface area (TPSA) is 125 Å². The third-order valence-electron chi connectivity index (χ3n) is 6.64. The van der Waals surface area contributed by atoms with E-state index in [0.29, 0.717) is 11.3 Å². The minimum absolute atomic E-state index is 0.0157. The maximum Gasteiger partial charge on any atom is 0.329 e. The lowest BCUT2D eigenvalue weighted by Crippen LogP contribution is -2.38. The van der Waals surface area contributed by atoms with Crippen LogP contribution in [0.4, 0.5) is 13.2 Å². The number of ether oxygens (including phenoxy) is 1. The van der Waals surface area contributed by atoms with Gasteiger partial charge in [-0.2, -0.15) is 0 Å². The van der Waals surface area contributed by atoms with E-state index >= 15 is 0 Å². The number of nitrogens with one attached hydrogen (secondary N) is 1. The van der Waals surface area contributed by atoms with Crippen molar-refractivity contribution in [3.8, 4) is 5.75 Å². The number of fused-ring (bicyclic) bond motifs is 1. The molecule has 0 radical (unpaired) electrons. The van der Waals surface area contributed by atoms with Gasteiger partial charge in [-0.1, -0.05) is 12.1 Å². The molecule has 1 heterocycles. The van der Waals surface area contributed by atoms with E-state index in [1.165, 1.54) is 33.9 Å². The highest BCUT2D eigenvalue weighted by atomic mass is 19.1. The second-order valence-corrected chi connectivity index (χ2v) is 11.0. The quantitative estimate of drug-likeness (QED) is 0.274. The van der Waals surface area contributed by atoms with Crippen LogP contribution in [0.1, 0.15) is 43.0 Å². The van der Waals surface area contributed by atoms with Crippen LogP contribution in [-0.4, -0.2) is 68.8 Å². The Morgan fingerprint density at radius 2 is 1.36 bits per heavy atom. The number of aromatic amines is 1. The summed E-state index contributed by atoms with van der Waals surface area (Å²) in [5, 5.41) is 31.7. The normalized spacial score (nSPS) is 16.5. The van der Waals surface area contributed by atoms with E-state index in [4.69, 9.17) is 4.74 Å². The molecule has 0 saturated carbocycles. The zero-order valence-corrected chi connectivity index (χ0v) is 22.5. The van der Waals surface area contributed by atoms with Crippen LogP contribution in [0.5, 0.6) is 5.75 Å². The summed E-state index contributed by atoms with van der Waals surface area (Å²) in [6.45, 7) is 0.0859. The lowest BCUT2D eigenvalue weighted by molar-refractivity contribution is 0.0257. The maximum atomic E-state index is 13.7. The van der Waals surface area contributed by atoms with Crippen LogP contribution in [0.2, 0.25) is 0 Å². The number of nitrogens with zero attached hydrogens (tertiary/aromatic N) is 1. The van der Waals surface area contributed by atoms with Crippen molar-refractivity contribution in [1.82, 2.24) is 9.55 Å². The van der Waals surface area contributed by atoms with Gasteiger partial charge in [0.05, 0.1) is 41.4 Å². The Morgan fingerprint density at radius 3 is 1.87 bits per heavy atom. The first-order valence-electron chi connectivity index (χ1n) is 12.4. The largest absolute Gasteiger partial charge is 0.497 e. The zero-order valence-electron chi connectivity index (χ0n) is 22.5. The lowest BCUT2D eigenvalue weighted by atomic mass is 9.82. The first-order valence-corrected chi connectivity index (χ1v) is 12.4. The molecule has 0 amide bonds. The predicted octanol–water partition coefficient (Wildman–Crippen LogP) is 2.54. The predicted molar refractivity (Wildman–Crippen MR) is 142 cm³/mol. The van der Waals surface area contributed by atoms with E-state index in [0.717, 1.165) is 4.57 Å². The van der Waals surface area contributed by atoms with Gasteiger partial charge in [0.25, 0.3) is 5.56 Å². The van der Waals surface area contributed by atoms with Gasteiger partial charge in [0.15, 0.2) is 0 Å². The van der Waals surface area contributed by atoms with Crippen molar-refractivity contribution in [3.05, 3.63) is 73.4 Å². The first kappa shape index (κ1) is 30.4. The van der Waals surface area contributed by atoms with Crippen LogP contribution in [0, 0.1) is 0 Å². The van der Waals surface area contributed by atoms with E-state index < -0.39 is 54.5 Å². The van der Waals surface area contributed by atoms with E-state index in [1.807, 2.05) is 0 Å². The third kappa shape index (κ3) is 7.09. The molecule has 1 aromatic heterocycles. The van der Waals surface area contributed by atoms with Crippen molar-refractivity contribution < 1.29 is 33.2 Å². The molecule has 8 nitrogen and oxygen atoms in total. The van der Waals surface area contributed by atoms with E-state index in [9.17, 15) is 38.1 Å². The monoisotopic (exact) mass is 552 g/mol. The van der Waals surface area contributed by atoms with E-state index in [2.05, 4.69) is 4.98 Å². The highest BCUT2D eigenvalue weighted by molar-refractivity contribution is 5.83. The van der Waals surface area contributed by atoms with Gasteiger partial charge >= 0.3 is 5.69 Å². The molecular formula is C28H35F3N2O6. The van der Waals surface area contributed by atoms with Gasteiger partial charge in [-0.05, 0) is 61.2 Å². The average molecular weight is 553 g/mol. The third-order valence-corrected chi connectivity index (χ3v) is 6.64. The number of rotatable bonds is 12. The average Bonchev–Trinajstić information content (AvgIpc) is 2.89. The van der Waals surface area contributed by atoms with Crippen LogP contribution in [0.25, 0.3) is 10.9 Å². The molecule has 214 valence electrons. The van der Waals surface area contributed by atoms with Crippen LogP contribution in [0.15, 0.2) is 39.9 Å². The SMILES string of the molecule is COc1ccc(Cn2c(=O)[nH]c3c(CC(C)(O)CF)c(CC(C)(O)CF)c(CC(C)(O)CF)cc3c2=O)cc1. The minimum Gasteiger partial charge on any atom is -0.497 e. The molecule has 11 heteroatoms. The number of hydrogen-bond acceptors (Lipinski definition) is 6. The molecule has 0 aliphatic heterocycles. The molecule has 39 heavy (non-hydrogen) atoms. The zero-order chi connectivity index (χ0) is 29.2. The van der Waals surface area contributed by atoms with E-state index in [-0.39, 0.29) is 47.0 Å². The molecular weight excluding hydrogens is 517 g/mol. The molecule has 3 rings (SSSR count). The Balaban J connectivity index is 2.36. The smallest absolute Gasteiger partial charge is 0.329 e. The fraction of sp³-hybridized carbons (Fsp3) is 0.500. The van der Waals surface area contributed by atoms with Gasteiger partial charge in [-0.15, -0.1) is 0 Å². The number of aliphatic hydroxyl groups is 3. The summed E-state index contributed by atoms with van der Waals surface area (Å²) in [5.41, 5.74) is -6.15. The molecule has 0 spiro atoms. The second kappa shape index (κ2) is 11.5. The highest BCUT2D eigenvalue weighted by Gasteiger charge is 2.32. The summed E-state index contributed by atoms with van der Waals surface area (Å²) >= 11 is 0. The standard InChI is InChI=1S/C28H35F3N2O6/c1-26(36,14-29)10-18-9-20-23(22(12-28(3,38)16-31)21(18)11-27(2,37)15-30)32-25(35)33(24(20)34)13-17-5-7-19(39-4)8-6-17/h5-9,36-38H,10-16H2,1-4H3,(H,32,35). The Kier molecular flexibility index (Phi) is 8.99. The Hall–Kier alpha value is -3.15. The van der Waals surface area contributed by atoms with Crippen molar-refractivity contribution in [2.45, 2.75) is 63.4 Å². The van der Waals surface area contributed by atoms with Crippen molar-refractivity contribution in [3.63, 3.8) is 0 Å². The summed E-state index contributed by atoms with van der Waals surface area (Å²) in [7, 11) is 1.50. The van der Waals surface area contributed by atoms with Crippen molar-refractivity contribution in [2.75, 3.05) is 27.1 Å². The number of aromatic nitrogens is 2. The van der Waals surface area contributed by atoms with Crippen LogP contribution in [-0.2, 0) is 25.8 Å².